The topological polar surface area (TPSA) is 79.0 Å². The summed E-state index contributed by atoms with van der Waals surface area (Å²) in [4.78, 5) is 38.7. The molecule has 2 heterocycles. The van der Waals surface area contributed by atoms with Crippen LogP contribution in [0.2, 0.25) is 0 Å². The van der Waals surface area contributed by atoms with Crippen molar-refractivity contribution < 1.29 is 23.5 Å². The van der Waals surface area contributed by atoms with Crippen LogP contribution in [0.15, 0.2) is 24.3 Å². The van der Waals surface area contributed by atoms with Crippen molar-refractivity contribution in [1.29, 1.82) is 0 Å². The zero-order valence-corrected chi connectivity index (χ0v) is 13.9. The average molecular weight is 349 g/mol. The molecule has 1 N–H and O–H groups in total. The number of halogens is 1. The van der Waals surface area contributed by atoms with Crippen molar-refractivity contribution in [3.63, 3.8) is 0 Å². The number of amides is 3. The summed E-state index contributed by atoms with van der Waals surface area (Å²) < 4.78 is 18.6. The quantitative estimate of drug-likeness (QED) is 0.823. The number of nitrogens with zero attached hydrogens (tertiary/aromatic N) is 2. The van der Waals surface area contributed by atoms with Gasteiger partial charge in [-0.05, 0) is 17.7 Å². The Labute approximate surface area is 144 Å². The van der Waals surface area contributed by atoms with Crippen LogP contribution in [0.25, 0.3) is 0 Å². The first-order valence-electron chi connectivity index (χ1n) is 8.12. The number of fused-ring (bicyclic) bond motifs is 1. The first-order valence-corrected chi connectivity index (χ1v) is 8.12. The summed E-state index contributed by atoms with van der Waals surface area (Å²) in [7, 11) is 0. The summed E-state index contributed by atoms with van der Waals surface area (Å²) in [5.41, 5.74) is 0.818. The minimum Gasteiger partial charge on any atom is -0.364 e. The fourth-order valence-corrected chi connectivity index (χ4v) is 3.17. The van der Waals surface area contributed by atoms with Crippen LogP contribution in [0, 0.1) is 5.82 Å². The number of hydrogen-bond donors (Lipinski definition) is 1. The molecular formula is C17H20FN3O4. The molecule has 3 rings (SSSR count). The molecule has 0 radical (unpaired) electrons. The van der Waals surface area contributed by atoms with E-state index in [0.29, 0.717) is 19.6 Å². The standard InChI is InChI=1S/C17H20FN3O4/c1-11(22)19-6-16(23)20-8-14-15(9-20)25-10-17(24)21(14)7-12-2-4-13(18)5-3-12/h2-5,14-15H,6-10H2,1H3,(H,19,22)/t14-,15-/m1/s1. The van der Waals surface area contributed by atoms with Crippen LogP contribution < -0.4 is 5.32 Å². The maximum absolute atomic E-state index is 13.1. The first kappa shape index (κ1) is 17.3. The van der Waals surface area contributed by atoms with Crippen molar-refractivity contribution in [3.05, 3.63) is 35.6 Å². The summed E-state index contributed by atoms with van der Waals surface area (Å²) in [6.45, 7) is 2.34. The Kier molecular flexibility index (Phi) is 4.98. The maximum Gasteiger partial charge on any atom is 0.249 e. The average Bonchev–Trinajstić information content (AvgIpc) is 3.01. The molecule has 8 heteroatoms. The smallest absolute Gasteiger partial charge is 0.249 e. The molecule has 2 saturated heterocycles. The zero-order chi connectivity index (χ0) is 18.0. The van der Waals surface area contributed by atoms with Gasteiger partial charge in [0.15, 0.2) is 0 Å². The van der Waals surface area contributed by atoms with Gasteiger partial charge in [0.05, 0.1) is 18.7 Å². The number of hydrogen-bond acceptors (Lipinski definition) is 4. The summed E-state index contributed by atoms with van der Waals surface area (Å²) in [5.74, 6) is -0.955. The largest absolute Gasteiger partial charge is 0.364 e. The predicted molar refractivity (Wildman–Crippen MR) is 85.7 cm³/mol. The van der Waals surface area contributed by atoms with E-state index in [4.69, 9.17) is 4.74 Å². The van der Waals surface area contributed by atoms with E-state index in [9.17, 15) is 18.8 Å². The van der Waals surface area contributed by atoms with E-state index in [-0.39, 0.29) is 48.8 Å². The number of benzene rings is 1. The van der Waals surface area contributed by atoms with Crippen molar-refractivity contribution in [2.75, 3.05) is 26.2 Å². The van der Waals surface area contributed by atoms with E-state index in [0.717, 1.165) is 5.56 Å². The normalized spacial score (nSPS) is 22.7. The minimum absolute atomic E-state index is 0.0317. The molecule has 134 valence electrons. The third kappa shape index (κ3) is 3.96. The van der Waals surface area contributed by atoms with Gasteiger partial charge in [0, 0.05) is 26.6 Å². The van der Waals surface area contributed by atoms with Gasteiger partial charge in [0.1, 0.15) is 12.4 Å². The molecule has 0 saturated carbocycles. The molecule has 2 aliphatic heterocycles. The highest BCUT2D eigenvalue weighted by Crippen LogP contribution is 2.25. The number of likely N-dealkylation sites (tertiary alicyclic amines) is 1. The van der Waals surface area contributed by atoms with Crippen molar-refractivity contribution in [1.82, 2.24) is 15.1 Å². The van der Waals surface area contributed by atoms with Crippen LogP contribution in [-0.2, 0) is 25.7 Å². The van der Waals surface area contributed by atoms with Gasteiger partial charge in [0.25, 0.3) is 0 Å². The highest BCUT2D eigenvalue weighted by molar-refractivity contribution is 5.84. The number of rotatable bonds is 4. The second kappa shape index (κ2) is 7.18. The number of nitrogens with one attached hydrogen (secondary N) is 1. The Bertz CT molecular complexity index is 679. The van der Waals surface area contributed by atoms with Crippen molar-refractivity contribution >= 4 is 17.7 Å². The van der Waals surface area contributed by atoms with E-state index in [1.807, 2.05) is 0 Å². The molecule has 1 aromatic carbocycles. The van der Waals surface area contributed by atoms with E-state index < -0.39 is 0 Å². The highest BCUT2D eigenvalue weighted by Gasteiger charge is 2.44. The van der Waals surface area contributed by atoms with E-state index in [2.05, 4.69) is 5.32 Å². The second-order valence-electron chi connectivity index (χ2n) is 6.27. The lowest BCUT2D eigenvalue weighted by molar-refractivity contribution is -0.153. The van der Waals surface area contributed by atoms with Gasteiger partial charge >= 0.3 is 0 Å². The van der Waals surface area contributed by atoms with Gasteiger partial charge in [-0.15, -0.1) is 0 Å². The number of morpholine rings is 1. The molecule has 2 fully saturated rings. The zero-order valence-electron chi connectivity index (χ0n) is 13.9. The fourth-order valence-electron chi connectivity index (χ4n) is 3.17. The van der Waals surface area contributed by atoms with Crippen LogP contribution in [0.4, 0.5) is 4.39 Å². The SMILES string of the molecule is CC(=O)NCC(=O)N1C[C@@H]2[C@@H](C1)OCC(=O)N2Cc1ccc(F)cc1. The molecule has 2 atom stereocenters. The third-order valence-electron chi connectivity index (χ3n) is 4.49. The minimum atomic E-state index is -0.328. The van der Waals surface area contributed by atoms with Gasteiger partial charge < -0.3 is 19.9 Å². The van der Waals surface area contributed by atoms with Gasteiger partial charge in [-0.3, -0.25) is 14.4 Å². The van der Waals surface area contributed by atoms with Crippen molar-refractivity contribution in [2.45, 2.75) is 25.6 Å². The Balaban J connectivity index is 1.67. The van der Waals surface area contributed by atoms with Gasteiger partial charge in [-0.1, -0.05) is 12.1 Å². The molecule has 0 aliphatic carbocycles. The van der Waals surface area contributed by atoms with Crippen molar-refractivity contribution in [2.24, 2.45) is 0 Å². The molecule has 7 nitrogen and oxygen atoms in total. The monoisotopic (exact) mass is 349 g/mol. The molecule has 0 spiro atoms. The Morgan fingerprint density at radius 3 is 2.68 bits per heavy atom. The molecule has 2 aliphatic rings. The lowest BCUT2D eigenvalue weighted by Crippen LogP contribution is -2.53. The number of carbonyl (C=O) groups excluding carboxylic acids is 3. The van der Waals surface area contributed by atoms with Crippen LogP contribution in [0.3, 0.4) is 0 Å². The van der Waals surface area contributed by atoms with E-state index in [1.165, 1.54) is 19.1 Å². The molecule has 0 unspecified atom stereocenters. The molecule has 1 aromatic rings. The van der Waals surface area contributed by atoms with Gasteiger partial charge in [0.2, 0.25) is 17.7 Å². The summed E-state index contributed by atoms with van der Waals surface area (Å²) in [6.07, 6.45) is -0.251. The number of ether oxygens (including phenoxy) is 1. The molecule has 25 heavy (non-hydrogen) atoms. The fraction of sp³-hybridized carbons (Fsp3) is 0.471. The Morgan fingerprint density at radius 2 is 2.00 bits per heavy atom. The van der Waals surface area contributed by atoms with Gasteiger partial charge in [-0.25, -0.2) is 4.39 Å². The first-order chi connectivity index (χ1) is 11.9. The van der Waals surface area contributed by atoms with Crippen LogP contribution >= 0.6 is 0 Å². The summed E-state index contributed by atoms with van der Waals surface area (Å²) in [5, 5.41) is 2.48. The van der Waals surface area contributed by atoms with Crippen molar-refractivity contribution in [3.8, 4) is 0 Å². The highest BCUT2D eigenvalue weighted by atomic mass is 19.1. The maximum atomic E-state index is 13.1. The van der Waals surface area contributed by atoms with E-state index in [1.54, 1.807) is 21.9 Å². The molecule has 0 aromatic heterocycles. The second-order valence-corrected chi connectivity index (χ2v) is 6.27. The lowest BCUT2D eigenvalue weighted by Gasteiger charge is -2.36. The number of carbonyl (C=O) groups is 3. The lowest BCUT2D eigenvalue weighted by atomic mass is 10.1. The van der Waals surface area contributed by atoms with Crippen LogP contribution in [-0.4, -0.2) is 65.9 Å². The van der Waals surface area contributed by atoms with E-state index >= 15 is 0 Å². The van der Waals surface area contributed by atoms with Crippen LogP contribution in [0.5, 0.6) is 0 Å². The third-order valence-corrected chi connectivity index (χ3v) is 4.49. The Hall–Kier alpha value is -2.48. The molecular weight excluding hydrogens is 329 g/mol. The summed E-state index contributed by atoms with van der Waals surface area (Å²) in [6, 6.07) is 5.75. The Morgan fingerprint density at radius 1 is 1.28 bits per heavy atom. The molecule has 3 amide bonds. The summed E-state index contributed by atoms with van der Waals surface area (Å²) >= 11 is 0. The van der Waals surface area contributed by atoms with Gasteiger partial charge in [-0.2, -0.15) is 0 Å². The van der Waals surface area contributed by atoms with Crippen LogP contribution in [0.1, 0.15) is 12.5 Å². The predicted octanol–water partition coefficient (Wildman–Crippen LogP) is -0.1000. The molecule has 0 bridgehead atoms.